The summed E-state index contributed by atoms with van der Waals surface area (Å²) in [5, 5.41) is 0. The number of aryl methyl sites for hydroxylation is 1. The summed E-state index contributed by atoms with van der Waals surface area (Å²) >= 11 is 0. The van der Waals surface area contributed by atoms with E-state index in [-0.39, 0.29) is 5.97 Å². The SMILES string of the molecule is C=C(CN(C)C)C(=O)OCCc1ccc(C#Cc2ccc(CCCCC)cc2)cc1. The summed E-state index contributed by atoms with van der Waals surface area (Å²) in [5.41, 5.74) is 4.97. The average Bonchev–Trinajstić information content (AvgIpc) is 2.73. The van der Waals surface area contributed by atoms with Gasteiger partial charge in [-0.3, -0.25) is 0 Å². The molecule has 30 heavy (non-hydrogen) atoms. The zero-order chi connectivity index (χ0) is 21.8. The Balaban J connectivity index is 1.81. The Hall–Kier alpha value is -2.83. The van der Waals surface area contributed by atoms with Crippen LogP contribution in [0, 0.1) is 11.8 Å². The molecule has 0 heterocycles. The fraction of sp³-hybridized carbons (Fsp3) is 0.370. The lowest BCUT2D eigenvalue weighted by Gasteiger charge is -2.11. The van der Waals surface area contributed by atoms with Crippen LogP contribution in [0.1, 0.15) is 48.4 Å². The van der Waals surface area contributed by atoms with E-state index in [0.29, 0.717) is 25.1 Å². The van der Waals surface area contributed by atoms with Crippen LogP contribution in [0.2, 0.25) is 0 Å². The van der Waals surface area contributed by atoms with Crippen molar-refractivity contribution >= 4 is 5.97 Å². The molecule has 3 heteroatoms. The van der Waals surface area contributed by atoms with Crippen LogP contribution in [0.3, 0.4) is 0 Å². The molecule has 2 aromatic carbocycles. The van der Waals surface area contributed by atoms with Crippen LogP contribution in [-0.2, 0) is 22.4 Å². The van der Waals surface area contributed by atoms with E-state index >= 15 is 0 Å². The number of ether oxygens (including phenoxy) is 1. The minimum atomic E-state index is -0.331. The Labute approximate surface area is 181 Å². The maximum atomic E-state index is 11.9. The van der Waals surface area contributed by atoms with Crippen molar-refractivity contribution in [3.05, 3.63) is 82.9 Å². The zero-order valence-electron chi connectivity index (χ0n) is 18.5. The van der Waals surface area contributed by atoms with Gasteiger partial charge in [0.15, 0.2) is 0 Å². The van der Waals surface area contributed by atoms with Crippen LogP contribution in [-0.4, -0.2) is 38.1 Å². The molecule has 3 nitrogen and oxygen atoms in total. The van der Waals surface area contributed by atoms with Crippen molar-refractivity contribution in [2.75, 3.05) is 27.2 Å². The summed E-state index contributed by atoms with van der Waals surface area (Å²) in [6.45, 7) is 6.85. The minimum Gasteiger partial charge on any atom is -0.462 e. The highest BCUT2D eigenvalue weighted by Crippen LogP contribution is 2.09. The van der Waals surface area contributed by atoms with Gasteiger partial charge in [-0.2, -0.15) is 0 Å². The second-order valence-electron chi connectivity index (χ2n) is 7.83. The standard InChI is InChI=1S/C27H33NO2/c1-5-6-7-8-23-9-11-24(12-10-23)13-14-25-15-17-26(18-16-25)19-20-30-27(29)22(2)21-28(3)4/h9-12,15-18H,2,5-8,19-21H2,1,3-4H3. The van der Waals surface area contributed by atoms with E-state index in [1.54, 1.807) is 0 Å². The van der Waals surface area contributed by atoms with Crippen molar-refractivity contribution in [3.63, 3.8) is 0 Å². The molecule has 0 N–H and O–H groups in total. The second-order valence-corrected chi connectivity index (χ2v) is 7.83. The minimum absolute atomic E-state index is 0.331. The van der Waals surface area contributed by atoms with E-state index in [0.717, 1.165) is 23.1 Å². The fourth-order valence-corrected chi connectivity index (χ4v) is 3.04. The van der Waals surface area contributed by atoms with Crippen molar-refractivity contribution in [3.8, 4) is 11.8 Å². The molecule has 2 aromatic rings. The average molecular weight is 404 g/mol. The summed E-state index contributed by atoms with van der Waals surface area (Å²) in [6, 6.07) is 16.6. The molecule has 0 spiro atoms. The summed E-state index contributed by atoms with van der Waals surface area (Å²) < 4.78 is 5.29. The molecule has 0 fully saturated rings. The van der Waals surface area contributed by atoms with Gasteiger partial charge in [0.25, 0.3) is 0 Å². The summed E-state index contributed by atoms with van der Waals surface area (Å²) in [4.78, 5) is 13.8. The van der Waals surface area contributed by atoms with Crippen LogP contribution in [0.25, 0.3) is 0 Å². The van der Waals surface area contributed by atoms with E-state index in [4.69, 9.17) is 4.74 Å². The Morgan fingerprint density at radius 2 is 1.43 bits per heavy atom. The molecule has 0 unspecified atom stereocenters. The Morgan fingerprint density at radius 1 is 0.900 bits per heavy atom. The highest BCUT2D eigenvalue weighted by molar-refractivity contribution is 5.88. The lowest BCUT2D eigenvalue weighted by atomic mass is 10.1. The normalized spacial score (nSPS) is 10.4. The van der Waals surface area contributed by atoms with Crippen LogP contribution in [0.4, 0.5) is 0 Å². The summed E-state index contributed by atoms with van der Waals surface area (Å²) in [6.07, 6.45) is 5.60. The highest BCUT2D eigenvalue weighted by Gasteiger charge is 2.09. The number of unbranched alkanes of at least 4 members (excludes halogenated alkanes) is 2. The number of carbonyl (C=O) groups is 1. The molecule has 0 radical (unpaired) electrons. The van der Waals surface area contributed by atoms with Gasteiger partial charge >= 0.3 is 5.97 Å². The zero-order valence-corrected chi connectivity index (χ0v) is 18.5. The molecule has 0 aromatic heterocycles. The quantitative estimate of drug-likeness (QED) is 0.241. The van der Waals surface area contributed by atoms with Gasteiger partial charge < -0.3 is 9.64 Å². The maximum absolute atomic E-state index is 11.9. The molecule has 0 aliphatic heterocycles. The number of benzene rings is 2. The molecule has 0 amide bonds. The van der Waals surface area contributed by atoms with E-state index in [2.05, 4.69) is 49.6 Å². The topological polar surface area (TPSA) is 29.5 Å². The molecule has 0 aliphatic rings. The van der Waals surface area contributed by atoms with Crippen molar-refractivity contribution in [2.24, 2.45) is 0 Å². The van der Waals surface area contributed by atoms with Crippen LogP contribution >= 0.6 is 0 Å². The largest absolute Gasteiger partial charge is 0.462 e. The summed E-state index contributed by atoms with van der Waals surface area (Å²) in [5.74, 6) is 6.11. The molecule has 0 aliphatic carbocycles. The van der Waals surface area contributed by atoms with E-state index in [9.17, 15) is 4.79 Å². The molecular formula is C27H33NO2. The van der Waals surface area contributed by atoms with Gasteiger partial charge in [-0.15, -0.1) is 0 Å². The second kappa shape index (κ2) is 12.7. The predicted molar refractivity (Wildman–Crippen MR) is 124 cm³/mol. The van der Waals surface area contributed by atoms with Crippen LogP contribution < -0.4 is 0 Å². The molecular weight excluding hydrogens is 370 g/mol. The van der Waals surface area contributed by atoms with Gasteiger partial charge in [0.2, 0.25) is 0 Å². The van der Waals surface area contributed by atoms with Crippen molar-refractivity contribution < 1.29 is 9.53 Å². The number of esters is 1. The molecule has 0 bridgehead atoms. The molecule has 158 valence electrons. The van der Waals surface area contributed by atoms with Gasteiger partial charge in [-0.05, 0) is 62.3 Å². The lowest BCUT2D eigenvalue weighted by Crippen LogP contribution is -2.21. The number of hydrogen-bond acceptors (Lipinski definition) is 3. The van der Waals surface area contributed by atoms with Crippen molar-refractivity contribution in [2.45, 2.75) is 39.0 Å². The van der Waals surface area contributed by atoms with Gasteiger partial charge in [0, 0.05) is 29.7 Å². The number of carbonyl (C=O) groups excluding carboxylic acids is 1. The Morgan fingerprint density at radius 3 is 1.93 bits per heavy atom. The number of rotatable bonds is 10. The van der Waals surface area contributed by atoms with Crippen molar-refractivity contribution in [1.82, 2.24) is 4.90 Å². The first-order valence-electron chi connectivity index (χ1n) is 10.7. The number of likely N-dealkylation sites (N-methyl/N-ethyl adjacent to an activating group) is 1. The van der Waals surface area contributed by atoms with E-state index < -0.39 is 0 Å². The van der Waals surface area contributed by atoms with Gasteiger partial charge in [-0.25, -0.2) is 4.79 Å². The highest BCUT2D eigenvalue weighted by atomic mass is 16.5. The number of nitrogens with zero attached hydrogens (tertiary/aromatic N) is 1. The van der Waals surface area contributed by atoms with Gasteiger partial charge in [0.1, 0.15) is 0 Å². The third kappa shape index (κ3) is 8.68. The van der Waals surface area contributed by atoms with Gasteiger partial charge in [0.05, 0.1) is 6.61 Å². The molecule has 0 saturated heterocycles. The third-order valence-corrected chi connectivity index (χ3v) is 4.75. The maximum Gasteiger partial charge on any atom is 0.334 e. The first-order valence-corrected chi connectivity index (χ1v) is 10.7. The Kier molecular flexibility index (Phi) is 9.91. The van der Waals surface area contributed by atoms with Crippen LogP contribution in [0.15, 0.2) is 60.7 Å². The summed E-state index contributed by atoms with van der Waals surface area (Å²) in [7, 11) is 3.79. The lowest BCUT2D eigenvalue weighted by molar-refractivity contribution is -0.139. The molecule has 0 atom stereocenters. The smallest absolute Gasteiger partial charge is 0.334 e. The third-order valence-electron chi connectivity index (χ3n) is 4.75. The number of hydrogen-bond donors (Lipinski definition) is 0. The first kappa shape index (κ1) is 23.4. The molecule has 2 rings (SSSR count). The van der Waals surface area contributed by atoms with E-state index in [1.807, 2.05) is 43.3 Å². The monoisotopic (exact) mass is 403 g/mol. The molecule has 0 saturated carbocycles. The predicted octanol–water partition coefficient (Wildman–Crippen LogP) is 5.02. The Bertz CT molecular complexity index is 868. The van der Waals surface area contributed by atoms with E-state index in [1.165, 1.54) is 24.8 Å². The fourth-order valence-electron chi connectivity index (χ4n) is 3.04. The van der Waals surface area contributed by atoms with Gasteiger partial charge in [-0.1, -0.05) is 62.5 Å². The van der Waals surface area contributed by atoms with Crippen LogP contribution in [0.5, 0.6) is 0 Å². The first-order chi connectivity index (χ1) is 14.5. The van der Waals surface area contributed by atoms with Crippen molar-refractivity contribution in [1.29, 1.82) is 0 Å².